The number of hydrogen-bond acceptors (Lipinski definition) is 2. The fourth-order valence-corrected chi connectivity index (χ4v) is 1.41. The lowest BCUT2D eigenvalue weighted by Crippen LogP contribution is -3.00. The lowest BCUT2D eigenvalue weighted by atomic mass is 9.91. The number of nitrogens with zero attached hydrogens (tertiary/aromatic N) is 1. The molecule has 0 atom stereocenters. The zero-order chi connectivity index (χ0) is 14.0. The van der Waals surface area contributed by atoms with Gasteiger partial charge in [0.15, 0.2) is 11.9 Å². The van der Waals surface area contributed by atoms with Gasteiger partial charge in [-0.1, -0.05) is 20.8 Å². The van der Waals surface area contributed by atoms with Gasteiger partial charge in [-0.05, 0) is 26.8 Å². The number of carbonyl (C=O) groups excluding carboxylic acids is 1. The summed E-state index contributed by atoms with van der Waals surface area (Å²) in [5.74, 6) is 0.993. The Morgan fingerprint density at radius 2 is 1.79 bits per heavy atom. The van der Waals surface area contributed by atoms with Crippen LogP contribution in [0.15, 0.2) is 24.5 Å². The number of pyridine rings is 1. The fraction of sp³-hybridized carbons (Fsp3) is 0.600. The van der Waals surface area contributed by atoms with Crippen molar-refractivity contribution in [3.63, 3.8) is 0 Å². The van der Waals surface area contributed by atoms with Crippen LogP contribution in [0.25, 0.3) is 0 Å². The van der Waals surface area contributed by atoms with E-state index in [1.54, 1.807) is 0 Å². The largest absolute Gasteiger partial charge is 1.00 e. The van der Waals surface area contributed by atoms with Crippen LogP contribution in [-0.4, -0.2) is 11.4 Å². The maximum atomic E-state index is 12.0. The Balaban J connectivity index is 0.00000324. The van der Waals surface area contributed by atoms with Crippen molar-refractivity contribution in [2.45, 2.75) is 53.7 Å². The molecule has 1 rings (SSSR count). The van der Waals surface area contributed by atoms with Crippen LogP contribution in [-0.2, 0) is 11.3 Å². The predicted octanol–water partition coefficient (Wildman–Crippen LogP) is -0.229. The van der Waals surface area contributed by atoms with Gasteiger partial charge in [0, 0.05) is 11.5 Å². The highest BCUT2D eigenvalue weighted by atomic mass is 79.9. The van der Waals surface area contributed by atoms with Crippen molar-refractivity contribution in [3.05, 3.63) is 24.5 Å². The molecule has 1 aromatic heterocycles. The number of ketones is 1. The molecule has 0 N–H and O–H groups in total. The summed E-state index contributed by atoms with van der Waals surface area (Å²) in [5, 5.41) is 0. The minimum Gasteiger partial charge on any atom is -1.00 e. The SMILES string of the molecule is CC(C)(C)Oc1ccc[n+](CC(=O)C(C)(C)C)c1.[Br-]. The molecule has 0 saturated carbocycles. The zero-order valence-electron chi connectivity index (χ0n) is 12.7. The summed E-state index contributed by atoms with van der Waals surface area (Å²) >= 11 is 0. The third-order valence-electron chi connectivity index (χ3n) is 2.42. The first kappa shape index (κ1) is 18.1. The molecule has 0 aliphatic rings. The quantitative estimate of drug-likeness (QED) is 0.717. The van der Waals surface area contributed by atoms with E-state index in [9.17, 15) is 4.79 Å². The molecule has 0 aromatic carbocycles. The Bertz CT molecular complexity index is 431. The molecule has 4 heteroatoms. The van der Waals surface area contributed by atoms with E-state index in [4.69, 9.17) is 4.74 Å². The van der Waals surface area contributed by atoms with Crippen LogP contribution in [0.3, 0.4) is 0 Å². The number of hydrogen-bond donors (Lipinski definition) is 0. The van der Waals surface area contributed by atoms with Crippen LogP contribution in [0, 0.1) is 5.41 Å². The van der Waals surface area contributed by atoms with Crippen molar-refractivity contribution >= 4 is 5.78 Å². The lowest BCUT2D eigenvalue weighted by Gasteiger charge is -2.20. The van der Waals surface area contributed by atoms with Gasteiger partial charge in [-0.3, -0.25) is 4.79 Å². The van der Waals surface area contributed by atoms with Crippen LogP contribution in [0.4, 0.5) is 0 Å². The number of rotatable bonds is 3. The van der Waals surface area contributed by atoms with Crippen molar-refractivity contribution in [1.82, 2.24) is 0 Å². The molecule has 108 valence electrons. The third kappa shape index (κ3) is 6.71. The average molecular weight is 330 g/mol. The zero-order valence-corrected chi connectivity index (χ0v) is 14.2. The maximum absolute atomic E-state index is 12.0. The first-order valence-electron chi connectivity index (χ1n) is 6.29. The van der Waals surface area contributed by atoms with E-state index in [1.165, 1.54) is 0 Å². The second-order valence-corrected chi connectivity index (χ2v) is 6.60. The molecule has 3 nitrogen and oxygen atoms in total. The Hall–Kier alpha value is -0.900. The van der Waals surface area contributed by atoms with Crippen LogP contribution in [0.5, 0.6) is 5.75 Å². The third-order valence-corrected chi connectivity index (χ3v) is 2.42. The van der Waals surface area contributed by atoms with E-state index in [2.05, 4.69) is 0 Å². The molecule has 19 heavy (non-hydrogen) atoms. The minimum atomic E-state index is -0.312. The van der Waals surface area contributed by atoms with Gasteiger partial charge in [0.1, 0.15) is 5.60 Å². The van der Waals surface area contributed by atoms with Gasteiger partial charge in [-0.2, -0.15) is 4.57 Å². The average Bonchev–Trinajstić information content (AvgIpc) is 2.13. The Labute approximate surface area is 126 Å². The van der Waals surface area contributed by atoms with E-state index in [-0.39, 0.29) is 33.8 Å². The molecular weight excluding hydrogens is 306 g/mol. The summed E-state index contributed by atoms with van der Waals surface area (Å²) < 4.78 is 7.65. The minimum absolute atomic E-state index is 0. The number of carbonyl (C=O) groups is 1. The van der Waals surface area contributed by atoms with Gasteiger partial charge >= 0.3 is 0 Å². The van der Waals surface area contributed by atoms with E-state index in [1.807, 2.05) is 70.6 Å². The molecule has 0 spiro atoms. The fourth-order valence-electron chi connectivity index (χ4n) is 1.41. The topological polar surface area (TPSA) is 30.2 Å². The molecule has 0 saturated heterocycles. The Morgan fingerprint density at radius 3 is 2.26 bits per heavy atom. The summed E-state index contributed by atoms with van der Waals surface area (Å²) in [6.45, 7) is 12.2. The van der Waals surface area contributed by atoms with Crippen LogP contribution < -0.4 is 26.3 Å². The molecule has 1 heterocycles. The molecule has 1 aromatic rings. The summed E-state index contributed by atoms with van der Waals surface area (Å²) in [6, 6.07) is 3.81. The predicted molar refractivity (Wildman–Crippen MR) is 71.5 cm³/mol. The van der Waals surface area contributed by atoms with Crippen molar-refractivity contribution in [2.75, 3.05) is 0 Å². The molecule has 0 aliphatic heterocycles. The highest BCUT2D eigenvalue weighted by Crippen LogP contribution is 2.16. The second kappa shape index (κ2) is 6.51. The summed E-state index contributed by atoms with van der Waals surface area (Å²) in [4.78, 5) is 12.0. The first-order valence-corrected chi connectivity index (χ1v) is 6.29. The summed E-state index contributed by atoms with van der Waals surface area (Å²) in [7, 11) is 0. The van der Waals surface area contributed by atoms with E-state index in [0.29, 0.717) is 6.54 Å². The highest BCUT2D eigenvalue weighted by molar-refractivity contribution is 5.82. The number of halogens is 1. The van der Waals surface area contributed by atoms with Gasteiger partial charge in [0.2, 0.25) is 18.5 Å². The van der Waals surface area contributed by atoms with E-state index in [0.717, 1.165) is 5.75 Å². The monoisotopic (exact) mass is 329 g/mol. The number of Topliss-reactive ketones (excluding diaryl/α,β-unsaturated/α-hetero) is 1. The van der Waals surface area contributed by atoms with Gasteiger partial charge < -0.3 is 21.7 Å². The molecular formula is C15H24BrNO2. The van der Waals surface area contributed by atoms with Gasteiger partial charge in [-0.25, -0.2) is 0 Å². The van der Waals surface area contributed by atoms with Crippen molar-refractivity contribution in [2.24, 2.45) is 5.41 Å². The molecule has 0 unspecified atom stereocenters. The standard InChI is InChI=1S/C15H24NO2.BrH/c1-14(2,3)13(17)11-16-9-7-8-12(10-16)18-15(4,5)6;/h7-10H,11H2,1-6H3;1H/q+1;/p-1. The second-order valence-electron chi connectivity index (χ2n) is 6.60. The Kier molecular flexibility index (Phi) is 6.20. The van der Waals surface area contributed by atoms with E-state index < -0.39 is 0 Å². The lowest BCUT2D eigenvalue weighted by molar-refractivity contribution is -0.685. The molecule has 0 fully saturated rings. The van der Waals surface area contributed by atoms with Crippen LogP contribution in [0.2, 0.25) is 0 Å². The van der Waals surface area contributed by atoms with E-state index >= 15 is 0 Å². The smallest absolute Gasteiger partial charge is 0.211 e. The number of ether oxygens (including phenoxy) is 1. The van der Waals surface area contributed by atoms with Gasteiger partial charge in [-0.15, -0.1) is 0 Å². The van der Waals surface area contributed by atoms with Gasteiger partial charge in [0.25, 0.3) is 0 Å². The van der Waals surface area contributed by atoms with Crippen LogP contribution in [0.1, 0.15) is 41.5 Å². The molecule has 0 radical (unpaired) electrons. The summed E-state index contributed by atoms with van der Waals surface area (Å²) in [6.07, 6.45) is 3.76. The van der Waals surface area contributed by atoms with Crippen molar-refractivity contribution in [3.8, 4) is 5.75 Å². The Morgan fingerprint density at radius 1 is 1.21 bits per heavy atom. The first-order chi connectivity index (χ1) is 8.08. The molecule has 0 aliphatic carbocycles. The van der Waals surface area contributed by atoms with Gasteiger partial charge in [0.05, 0.1) is 0 Å². The molecule has 0 amide bonds. The van der Waals surface area contributed by atoms with Crippen molar-refractivity contribution < 1.29 is 31.1 Å². The normalized spacial score (nSPS) is 11.7. The maximum Gasteiger partial charge on any atom is 0.211 e. The molecule has 0 bridgehead atoms. The highest BCUT2D eigenvalue weighted by Gasteiger charge is 2.25. The summed E-state index contributed by atoms with van der Waals surface area (Å²) in [5.41, 5.74) is -0.541. The number of aromatic nitrogens is 1. The van der Waals surface area contributed by atoms with Crippen molar-refractivity contribution in [1.29, 1.82) is 0 Å². The van der Waals surface area contributed by atoms with Crippen LogP contribution >= 0.6 is 0 Å².